The van der Waals surface area contributed by atoms with E-state index in [-0.39, 0.29) is 12.3 Å². The van der Waals surface area contributed by atoms with Crippen molar-refractivity contribution < 1.29 is 23.9 Å². The molecule has 6 N–H and O–H groups in total. The second-order valence-corrected chi connectivity index (χ2v) is 10.9. The highest BCUT2D eigenvalue weighted by atomic mass is 32.2. The predicted molar refractivity (Wildman–Crippen MR) is 142 cm³/mol. The summed E-state index contributed by atoms with van der Waals surface area (Å²) in [6.45, 7) is 9.04. The van der Waals surface area contributed by atoms with Gasteiger partial charge in [0.15, 0.2) is 0 Å². The van der Waals surface area contributed by atoms with Crippen molar-refractivity contribution in [3.8, 4) is 0 Å². The van der Waals surface area contributed by atoms with Crippen LogP contribution in [0.3, 0.4) is 0 Å². The van der Waals surface area contributed by atoms with Crippen molar-refractivity contribution in [1.29, 1.82) is 0 Å². The Labute approximate surface area is 218 Å². The van der Waals surface area contributed by atoms with Gasteiger partial charge in [0.1, 0.15) is 23.7 Å². The smallest absolute Gasteiger partial charge is 0.408 e. The average molecular weight is 524 g/mol. The lowest BCUT2D eigenvalue weighted by atomic mass is 10.0. The lowest BCUT2D eigenvalue weighted by Crippen LogP contribution is -2.58. The van der Waals surface area contributed by atoms with Crippen LogP contribution >= 0.6 is 11.8 Å². The van der Waals surface area contributed by atoms with Gasteiger partial charge in [0.2, 0.25) is 11.8 Å². The Balaban J connectivity index is 3.12. The molecule has 1 aromatic carbocycles. The summed E-state index contributed by atoms with van der Waals surface area (Å²) < 4.78 is 5.31. The third-order valence-electron chi connectivity index (χ3n) is 5.02. The van der Waals surface area contributed by atoms with E-state index in [2.05, 4.69) is 21.4 Å². The molecule has 0 spiro atoms. The first-order chi connectivity index (χ1) is 16.9. The van der Waals surface area contributed by atoms with Gasteiger partial charge in [0.25, 0.3) is 5.91 Å². The van der Waals surface area contributed by atoms with Crippen LogP contribution in [-0.2, 0) is 25.5 Å². The first kappa shape index (κ1) is 31.2. The van der Waals surface area contributed by atoms with Crippen molar-refractivity contribution in [3.63, 3.8) is 0 Å². The van der Waals surface area contributed by atoms with Crippen LogP contribution in [0.1, 0.15) is 53.0 Å². The van der Waals surface area contributed by atoms with Crippen LogP contribution in [0.4, 0.5) is 4.79 Å². The van der Waals surface area contributed by atoms with Crippen LogP contribution in [0.15, 0.2) is 30.3 Å². The predicted octanol–water partition coefficient (Wildman–Crippen LogP) is 1.88. The standard InChI is InChI=1S/C25H41N5O5S/c1-16(2)14-19(29-24(34)35-25(3,4)5)21(31)28-20(15-17-10-8-7-9-11-17)22(32)27-18(12-13-36-6)23(33)30-26/h7-11,16,18-20H,12-15,26H2,1-6H3,(H,27,32)(H,28,31)(H,29,34)(H,30,33)/t18-,19-,20+/m0/s1. The molecule has 0 aliphatic rings. The van der Waals surface area contributed by atoms with Crippen molar-refractivity contribution in [2.24, 2.45) is 11.8 Å². The maximum atomic E-state index is 13.3. The highest BCUT2D eigenvalue weighted by molar-refractivity contribution is 7.98. The van der Waals surface area contributed by atoms with E-state index in [4.69, 9.17) is 10.6 Å². The molecule has 0 aromatic heterocycles. The summed E-state index contributed by atoms with van der Waals surface area (Å²) in [6.07, 6.45) is 2.08. The molecule has 11 heteroatoms. The minimum absolute atomic E-state index is 0.0845. The molecule has 0 aliphatic carbocycles. The fraction of sp³-hybridized carbons (Fsp3) is 0.600. The summed E-state index contributed by atoms with van der Waals surface area (Å²) >= 11 is 1.53. The molecule has 0 heterocycles. The molecule has 1 aromatic rings. The van der Waals surface area contributed by atoms with Gasteiger partial charge in [-0.25, -0.2) is 10.6 Å². The molecule has 0 radical (unpaired) electrons. The molecule has 0 unspecified atom stereocenters. The van der Waals surface area contributed by atoms with Gasteiger partial charge < -0.3 is 20.7 Å². The van der Waals surface area contributed by atoms with Gasteiger partial charge in [-0.15, -0.1) is 0 Å². The highest BCUT2D eigenvalue weighted by Gasteiger charge is 2.31. The number of alkyl carbamates (subject to hydrolysis) is 1. The number of nitrogens with two attached hydrogens (primary N) is 1. The number of benzene rings is 1. The molecule has 1 rings (SSSR count). The van der Waals surface area contributed by atoms with Crippen LogP contribution in [-0.4, -0.2) is 59.5 Å². The summed E-state index contributed by atoms with van der Waals surface area (Å²) in [5, 5.41) is 8.10. The van der Waals surface area contributed by atoms with Gasteiger partial charge in [0.05, 0.1) is 0 Å². The molecule has 0 aliphatic heterocycles. The minimum atomic E-state index is -0.989. The van der Waals surface area contributed by atoms with E-state index in [1.54, 1.807) is 20.8 Å². The lowest BCUT2D eigenvalue weighted by molar-refractivity contribution is -0.132. The maximum Gasteiger partial charge on any atom is 0.408 e. The fourth-order valence-electron chi connectivity index (χ4n) is 3.36. The second kappa shape index (κ2) is 15.4. The van der Waals surface area contributed by atoms with Gasteiger partial charge in [-0.05, 0) is 57.1 Å². The van der Waals surface area contributed by atoms with Crippen LogP contribution in [0, 0.1) is 5.92 Å². The number of amides is 4. The SMILES string of the molecule is CSCC[C@H](NC(=O)[C@@H](Cc1ccccc1)NC(=O)[C@H](CC(C)C)NC(=O)OC(C)(C)C)C(=O)NN. The van der Waals surface area contributed by atoms with Crippen molar-refractivity contribution >= 4 is 35.6 Å². The molecular formula is C25H41N5O5S. The Morgan fingerprint density at radius 2 is 1.50 bits per heavy atom. The van der Waals surface area contributed by atoms with E-state index in [1.807, 2.05) is 50.4 Å². The first-order valence-corrected chi connectivity index (χ1v) is 13.4. The van der Waals surface area contributed by atoms with Gasteiger partial charge in [0, 0.05) is 6.42 Å². The normalized spacial score (nSPS) is 13.8. The Kier molecular flexibility index (Phi) is 13.3. The molecule has 0 saturated carbocycles. The monoisotopic (exact) mass is 523 g/mol. The third-order valence-corrected chi connectivity index (χ3v) is 5.66. The summed E-state index contributed by atoms with van der Waals surface area (Å²) in [4.78, 5) is 51.1. The second-order valence-electron chi connectivity index (χ2n) is 9.93. The minimum Gasteiger partial charge on any atom is -0.444 e. The highest BCUT2D eigenvalue weighted by Crippen LogP contribution is 2.11. The van der Waals surface area contributed by atoms with E-state index in [1.165, 1.54) is 11.8 Å². The molecule has 0 bridgehead atoms. The average Bonchev–Trinajstić information content (AvgIpc) is 2.79. The number of carbonyl (C=O) groups is 4. The summed E-state index contributed by atoms with van der Waals surface area (Å²) in [5.74, 6) is 4.45. The molecule has 0 saturated heterocycles. The fourth-order valence-corrected chi connectivity index (χ4v) is 3.83. The number of rotatable bonds is 13. The Morgan fingerprint density at radius 1 is 0.917 bits per heavy atom. The summed E-state index contributed by atoms with van der Waals surface area (Å²) in [6, 6.07) is 6.45. The Hall–Kier alpha value is -2.79. The zero-order valence-electron chi connectivity index (χ0n) is 22.1. The van der Waals surface area contributed by atoms with E-state index in [0.717, 1.165) is 5.56 Å². The van der Waals surface area contributed by atoms with Crippen molar-refractivity contribution in [1.82, 2.24) is 21.4 Å². The van der Waals surface area contributed by atoms with Crippen LogP contribution < -0.4 is 27.2 Å². The number of hydrazine groups is 1. The molecule has 3 atom stereocenters. The van der Waals surface area contributed by atoms with Gasteiger partial charge >= 0.3 is 6.09 Å². The van der Waals surface area contributed by atoms with Gasteiger partial charge in [-0.3, -0.25) is 19.8 Å². The summed E-state index contributed by atoms with van der Waals surface area (Å²) in [7, 11) is 0. The number of carbonyl (C=O) groups excluding carboxylic acids is 4. The third kappa shape index (κ3) is 12.3. The van der Waals surface area contributed by atoms with Crippen molar-refractivity contribution in [2.45, 2.75) is 77.6 Å². The molecule has 10 nitrogen and oxygen atoms in total. The topological polar surface area (TPSA) is 152 Å². The Morgan fingerprint density at radius 3 is 2.03 bits per heavy atom. The maximum absolute atomic E-state index is 13.3. The molecule has 4 amide bonds. The molecule has 36 heavy (non-hydrogen) atoms. The van der Waals surface area contributed by atoms with Crippen molar-refractivity contribution in [3.05, 3.63) is 35.9 Å². The van der Waals surface area contributed by atoms with Crippen LogP contribution in [0.25, 0.3) is 0 Å². The van der Waals surface area contributed by atoms with Crippen molar-refractivity contribution in [2.75, 3.05) is 12.0 Å². The van der Waals surface area contributed by atoms with E-state index < -0.39 is 47.5 Å². The van der Waals surface area contributed by atoms with Crippen LogP contribution in [0.5, 0.6) is 0 Å². The molecular weight excluding hydrogens is 482 g/mol. The number of nitrogens with one attached hydrogen (secondary N) is 4. The van der Waals surface area contributed by atoms with E-state index in [0.29, 0.717) is 18.6 Å². The van der Waals surface area contributed by atoms with Gasteiger partial charge in [-0.1, -0.05) is 44.2 Å². The number of thioether (sulfide) groups is 1. The van der Waals surface area contributed by atoms with E-state index >= 15 is 0 Å². The molecule has 202 valence electrons. The van der Waals surface area contributed by atoms with E-state index in [9.17, 15) is 19.2 Å². The first-order valence-electron chi connectivity index (χ1n) is 12.0. The van der Waals surface area contributed by atoms with Crippen LogP contribution in [0.2, 0.25) is 0 Å². The summed E-state index contributed by atoms with van der Waals surface area (Å²) in [5.41, 5.74) is 2.17. The lowest BCUT2D eigenvalue weighted by Gasteiger charge is -2.27. The number of ether oxygens (including phenoxy) is 1. The van der Waals surface area contributed by atoms with Gasteiger partial charge in [-0.2, -0.15) is 11.8 Å². The number of hydrogen-bond acceptors (Lipinski definition) is 7. The molecule has 0 fully saturated rings. The quantitative estimate of drug-likeness (QED) is 0.150. The number of hydrogen-bond donors (Lipinski definition) is 5. The zero-order valence-corrected chi connectivity index (χ0v) is 22.9. The zero-order chi connectivity index (χ0) is 27.3. The Bertz CT molecular complexity index is 860. The largest absolute Gasteiger partial charge is 0.444 e.